The van der Waals surface area contributed by atoms with Crippen molar-refractivity contribution in [1.29, 1.82) is 0 Å². The monoisotopic (exact) mass is 237 g/mol. The van der Waals surface area contributed by atoms with Gasteiger partial charge >= 0.3 is 0 Å². The van der Waals surface area contributed by atoms with Crippen molar-refractivity contribution in [3.8, 4) is 0 Å². The van der Waals surface area contributed by atoms with Crippen LogP contribution in [0.3, 0.4) is 0 Å². The molecule has 0 aromatic carbocycles. The molecule has 2 atom stereocenters. The average molecular weight is 237 g/mol. The van der Waals surface area contributed by atoms with Crippen molar-refractivity contribution in [2.75, 3.05) is 25.7 Å². The molecule has 0 spiro atoms. The Morgan fingerprint density at radius 2 is 1.93 bits per heavy atom. The summed E-state index contributed by atoms with van der Waals surface area (Å²) >= 11 is 0. The van der Waals surface area contributed by atoms with Crippen LogP contribution in [0.15, 0.2) is 0 Å². The fourth-order valence-corrected chi connectivity index (χ4v) is 2.27. The molecule has 0 aliphatic heterocycles. The van der Waals surface area contributed by atoms with E-state index in [0.717, 1.165) is 6.42 Å². The molecule has 1 N–H and O–H groups in total. The Morgan fingerprint density at radius 3 is 2.27 bits per heavy atom. The number of rotatable bonds is 8. The molecule has 0 aliphatic carbocycles. The molecule has 0 fully saturated rings. The van der Waals surface area contributed by atoms with Gasteiger partial charge in [0.1, 0.15) is 9.84 Å². The third-order valence-corrected chi connectivity index (χ3v) is 3.38. The number of hydrogen-bond donors (Lipinski definition) is 1. The molecule has 0 bridgehead atoms. The van der Waals surface area contributed by atoms with Crippen molar-refractivity contribution in [2.24, 2.45) is 0 Å². The van der Waals surface area contributed by atoms with Crippen molar-refractivity contribution in [3.63, 3.8) is 0 Å². The van der Waals surface area contributed by atoms with Crippen LogP contribution in [0.5, 0.6) is 0 Å². The molecule has 0 saturated heterocycles. The predicted molar refractivity (Wildman–Crippen MR) is 62.9 cm³/mol. The molecule has 0 amide bonds. The first-order valence-corrected chi connectivity index (χ1v) is 7.47. The zero-order chi connectivity index (χ0) is 11.9. The predicted octanol–water partition coefficient (Wildman–Crippen LogP) is 0.824. The van der Waals surface area contributed by atoms with Crippen LogP contribution in [0.4, 0.5) is 0 Å². The summed E-state index contributed by atoms with van der Waals surface area (Å²) in [6, 6.07) is 0.115. The van der Waals surface area contributed by atoms with Gasteiger partial charge in [0.15, 0.2) is 0 Å². The lowest BCUT2D eigenvalue weighted by Gasteiger charge is -2.25. The highest BCUT2D eigenvalue weighted by Gasteiger charge is 2.19. The van der Waals surface area contributed by atoms with E-state index in [4.69, 9.17) is 4.74 Å². The molecule has 0 aliphatic rings. The molecule has 0 radical (unpaired) electrons. The van der Waals surface area contributed by atoms with Crippen LogP contribution in [0.1, 0.15) is 26.7 Å². The Kier molecular flexibility index (Phi) is 7.13. The second-order valence-electron chi connectivity index (χ2n) is 3.72. The molecule has 5 heteroatoms. The lowest BCUT2D eigenvalue weighted by Crippen LogP contribution is -2.40. The topological polar surface area (TPSA) is 55.4 Å². The maximum atomic E-state index is 11.1. The molecule has 2 unspecified atom stereocenters. The second-order valence-corrected chi connectivity index (χ2v) is 5.98. The fourth-order valence-electron chi connectivity index (χ4n) is 1.59. The highest BCUT2D eigenvalue weighted by atomic mass is 32.2. The van der Waals surface area contributed by atoms with Crippen molar-refractivity contribution < 1.29 is 13.2 Å². The van der Waals surface area contributed by atoms with Gasteiger partial charge in [0, 0.05) is 18.9 Å². The highest BCUT2D eigenvalue weighted by molar-refractivity contribution is 7.90. The van der Waals surface area contributed by atoms with Gasteiger partial charge in [0.25, 0.3) is 0 Å². The van der Waals surface area contributed by atoms with Gasteiger partial charge < -0.3 is 10.1 Å². The van der Waals surface area contributed by atoms with Gasteiger partial charge in [-0.05, 0) is 26.8 Å². The molecule has 4 nitrogen and oxygen atoms in total. The van der Waals surface area contributed by atoms with E-state index in [1.807, 2.05) is 20.9 Å². The van der Waals surface area contributed by atoms with E-state index < -0.39 is 9.84 Å². The molecule has 0 aromatic heterocycles. The van der Waals surface area contributed by atoms with Crippen LogP contribution < -0.4 is 5.32 Å². The quantitative estimate of drug-likeness (QED) is 0.679. The lowest BCUT2D eigenvalue weighted by atomic mass is 10.1. The molecule has 0 heterocycles. The van der Waals surface area contributed by atoms with E-state index in [9.17, 15) is 8.42 Å². The summed E-state index contributed by atoms with van der Waals surface area (Å²) in [7, 11) is -1.04. The van der Waals surface area contributed by atoms with Gasteiger partial charge in [-0.2, -0.15) is 0 Å². The largest absolute Gasteiger partial charge is 0.377 e. The standard InChI is InChI=1S/C10H23NO3S/c1-5-10(14-6-2)9(11-3)7-8-15(4,12)13/h9-11H,5-8H2,1-4H3. The number of sulfone groups is 1. The van der Waals surface area contributed by atoms with Gasteiger partial charge in [0.05, 0.1) is 11.9 Å². The number of ether oxygens (including phenoxy) is 1. The summed E-state index contributed by atoms with van der Waals surface area (Å²) in [5, 5.41) is 3.12. The molecule has 0 aromatic rings. The van der Waals surface area contributed by atoms with Gasteiger partial charge in [-0.15, -0.1) is 0 Å². The smallest absolute Gasteiger partial charge is 0.147 e. The minimum absolute atomic E-state index is 0.0988. The highest BCUT2D eigenvalue weighted by Crippen LogP contribution is 2.09. The summed E-state index contributed by atoms with van der Waals surface area (Å²) in [5.74, 6) is 0.210. The molecular weight excluding hydrogens is 214 g/mol. The Morgan fingerprint density at radius 1 is 1.33 bits per heavy atom. The summed E-state index contributed by atoms with van der Waals surface area (Å²) in [6.45, 7) is 4.66. The maximum absolute atomic E-state index is 11.1. The van der Waals surface area contributed by atoms with E-state index >= 15 is 0 Å². The van der Waals surface area contributed by atoms with Crippen molar-refractivity contribution in [1.82, 2.24) is 5.32 Å². The van der Waals surface area contributed by atoms with E-state index in [-0.39, 0.29) is 17.9 Å². The maximum Gasteiger partial charge on any atom is 0.147 e. The van der Waals surface area contributed by atoms with Crippen LogP contribution in [0.25, 0.3) is 0 Å². The van der Waals surface area contributed by atoms with Crippen LogP contribution in [-0.2, 0) is 14.6 Å². The Balaban J connectivity index is 4.21. The Bertz CT molecular complexity index is 251. The van der Waals surface area contributed by atoms with Gasteiger partial charge in [-0.3, -0.25) is 0 Å². The summed E-state index contributed by atoms with van der Waals surface area (Å²) < 4.78 is 27.7. The molecule has 0 saturated carbocycles. The normalized spacial score (nSPS) is 16.3. The number of likely N-dealkylation sites (N-methyl/N-ethyl adjacent to an activating group) is 1. The fraction of sp³-hybridized carbons (Fsp3) is 1.00. The van der Waals surface area contributed by atoms with Crippen molar-refractivity contribution >= 4 is 9.84 Å². The number of hydrogen-bond acceptors (Lipinski definition) is 4. The van der Waals surface area contributed by atoms with Crippen LogP contribution in [-0.4, -0.2) is 46.2 Å². The van der Waals surface area contributed by atoms with E-state index in [1.165, 1.54) is 6.26 Å². The first-order valence-electron chi connectivity index (χ1n) is 5.41. The summed E-state index contributed by atoms with van der Waals surface area (Å²) in [4.78, 5) is 0. The summed E-state index contributed by atoms with van der Waals surface area (Å²) in [5.41, 5.74) is 0. The minimum Gasteiger partial charge on any atom is -0.377 e. The zero-order valence-electron chi connectivity index (χ0n) is 10.1. The Hall–Kier alpha value is -0.130. The molecular formula is C10H23NO3S. The lowest BCUT2D eigenvalue weighted by molar-refractivity contribution is 0.0331. The first kappa shape index (κ1) is 14.9. The molecule has 92 valence electrons. The van der Waals surface area contributed by atoms with E-state index in [2.05, 4.69) is 5.32 Å². The van der Waals surface area contributed by atoms with Crippen molar-refractivity contribution in [3.05, 3.63) is 0 Å². The van der Waals surface area contributed by atoms with Crippen LogP contribution in [0, 0.1) is 0 Å². The van der Waals surface area contributed by atoms with Crippen molar-refractivity contribution in [2.45, 2.75) is 38.8 Å². The third kappa shape index (κ3) is 6.87. The van der Waals surface area contributed by atoms with Gasteiger partial charge in [0.2, 0.25) is 0 Å². The van der Waals surface area contributed by atoms with Gasteiger partial charge in [-0.25, -0.2) is 8.42 Å². The minimum atomic E-state index is -2.88. The average Bonchev–Trinajstić information content (AvgIpc) is 2.15. The third-order valence-electron chi connectivity index (χ3n) is 2.40. The molecule has 0 rings (SSSR count). The van der Waals surface area contributed by atoms with E-state index in [1.54, 1.807) is 0 Å². The number of nitrogens with one attached hydrogen (secondary N) is 1. The molecule has 15 heavy (non-hydrogen) atoms. The van der Waals surface area contributed by atoms with Crippen LogP contribution in [0.2, 0.25) is 0 Å². The second kappa shape index (κ2) is 7.19. The Labute approximate surface area is 93.3 Å². The first-order chi connectivity index (χ1) is 6.94. The van der Waals surface area contributed by atoms with E-state index in [0.29, 0.717) is 13.0 Å². The van der Waals surface area contributed by atoms with Gasteiger partial charge in [-0.1, -0.05) is 6.92 Å². The SMILES string of the molecule is CCOC(CC)C(CCS(C)(=O)=O)NC. The zero-order valence-corrected chi connectivity index (χ0v) is 10.9. The van der Waals surface area contributed by atoms with Crippen LogP contribution >= 0.6 is 0 Å². The summed E-state index contributed by atoms with van der Waals surface area (Å²) in [6.07, 6.45) is 2.86.